The molecule has 1 atom stereocenters. The molecule has 2 N–H and O–H groups in total. The van der Waals surface area contributed by atoms with Gasteiger partial charge in [-0.3, -0.25) is 0 Å². The van der Waals surface area contributed by atoms with Gasteiger partial charge in [-0.2, -0.15) is 0 Å². The largest absolute Gasteiger partial charge is 0.384 e. The third kappa shape index (κ3) is 2.59. The summed E-state index contributed by atoms with van der Waals surface area (Å²) < 4.78 is 0. The first-order valence-corrected chi connectivity index (χ1v) is 9.81. The van der Waals surface area contributed by atoms with Gasteiger partial charge in [0.1, 0.15) is 0 Å². The molecule has 5 aliphatic rings. The number of benzene rings is 1. The van der Waals surface area contributed by atoms with Crippen molar-refractivity contribution in [3.63, 3.8) is 0 Å². The molecule has 1 aromatic carbocycles. The van der Waals surface area contributed by atoms with E-state index in [-0.39, 0.29) is 0 Å². The zero-order chi connectivity index (χ0) is 15.4. The molecule has 23 heavy (non-hydrogen) atoms. The first-order valence-electron chi connectivity index (χ1n) is 9.81. The van der Waals surface area contributed by atoms with Gasteiger partial charge in [-0.25, -0.2) is 0 Å². The summed E-state index contributed by atoms with van der Waals surface area (Å²) in [6.45, 7) is 3.52. The van der Waals surface area contributed by atoms with Gasteiger partial charge < -0.3 is 10.6 Å². The molecule has 0 saturated heterocycles. The van der Waals surface area contributed by atoms with Gasteiger partial charge in [-0.15, -0.1) is 0 Å². The molecule has 0 aromatic heterocycles. The highest BCUT2D eigenvalue weighted by Gasteiger charge is 2.50. The number of nitrogens with one attached hydrogen (secondary N) is 2. The van der Waals surface area contributed by atoms with Crippen LogP contribution >= 0.6 is 0 Å². The van der Waals surface area contributed by atoms with Crippen LogP contribution in [0, 0.1) is 17.8 Å². The monoisotopic (exact) mass is 310 g/mol. The van der Waals surface area contributed by atoms with E-state index in [9.17, 15) is 0 Å². The average molecular weight is 310 g/mol. The molecule has 0 amide bonds. The Bertz CT molecular complexity index is 571. The lowest BCUT2D eigenvalue weighted by atomic mass is 9.53. The highest BCUT2D eigenvalue weighted by Crippen LogP contribution is 2.55. The van der Waals surface area contributed by atoms with Crippen molar-refractivity contribution >= 4 is 5.69 Å². The fraction of sp³-hybridized carbons (Fsp3) is 0.714. The van der Waals surface area contributed by atoms with Crippen molar-refractivity contribution in [2.75, 3.05) is 11.9 Å². The van der Waals surface area contributed by atoms with Crippen LogP contribution in [0.1, 0.15) is 56.6 Å². The highest BCUT2D eigenvalue weighted by atomic mass is 15.0. The molecule has 6 rings (SSSR count). The summed E-state index contributed by atoms with van der Waals surface area (Å²) in [7, 11) is 0. The van der Waals surface area contributed by atoms with Crippen LogP contribution in [0.2, 0.25) is 0 Å². The van der Waals surface area contributed by atoms with Gasteiger partial charge in [-0.05, 0) is 93.2 Å². The van der Waals surface area contributed by atoms with E-state index in [0.29, 0.717) is 11.6 Å². The molecule has 1 aromatic rings. The third-order valence-electron chi connectivity index (χ3n) is 7.01. The van der Waals surface area contributed by atoms with Crippen molar-refractivity contribution in [1.29, 1.82) is 0 Å². The molecule has 0 radical (unpaired) electrons. The van der Waals surface area contributed by atoms with E-state index in [1.165, 1.54) is 68.2 Å². The smallest absolute Gasteiger partial charge is 0.0373 e. The lowest BCUT2D eigenvalue weighted by Gasteiger charge is -2.58. The Morgan fingerprint density at radius 2 is 1.83 bits per heavy atom. The molecule has 4 bridgehead atoms. The Labute approximate surface area is 140 Å². The standard InChI is InChI=1S/C21H30N2/c1-14(6-15-2-3-20-19(10-15)4-5-22-20)23-21-11-16-7-17(12-21)9-18(8-16)13-21/h2-3,10,14,16-18,22-23H,4-9,11-13H2,1H3. The molecule has 2 heteroatoms. The van der Waals surface area contributed by atoms with Crippen molar-refractivity contribution in [3.05, 3.63) is 29.3 Å². The van der Waals surface area contributed by atoms with Gasteiger partial charge in [0, 0.05) is 23.8 Å². The summed E-state index contributed by atoms with van der Waals surface area (Å²) in [6.07, 6.45) is 11.3. The van der Waals surface area contributed by atoms with E-state index in [2.05, 4.69) is 35.8 Å². The van der Waals surface area contributed by atoms with Gasteiger partial charge in [0.05, 0.1) is 0 Å². The van der Waals surface area contributed by atoms with Crippen molar-refractivity contribution in [1.82, 2.24) is 5.32 Å². The minimum atomic E-state index is 0.493. The second-order valence-electron chi connectivity index (χ2n) is 9.12. The van der Waals surface area contributed by atoms with Crippen LogP contribution < -0.4 is 10.6 Å². The maximum absolute atomic E-state index is 4.13. The second kappa shape index (κ2) is 5.24. The number of hydrogen-bond donors (Lipinski definition) is 2. The van der Waals surface area contributed by atoms with Crippen LogP contribution in [0.4, 0.5) is 5.69 Å². The number of anilines is 1. The normalized spacial score (nSPS) is 38.4. The molecule has 1 aliphatic heterocycles. The second-order valence-corrected chi connectivity index (χ2v) is 9.12. The quantitative estimate of drug-likeness (QED) is 0.873. The zero-order valence-electron chi connectivity index (χ0n) is 14.4. The molecular weight excluding hydrogens is 280 g/mol. The average Bonchev–Trinajstić information content (AvgIpc) is 2.92. The number of hydrogen-bond acceptors (Lipinski definition) is 2. The SMILES string of the molecule is CC(Cc1ccc2c(c1)CCN2)NC12CC3CC(CC(C3)C1)C2. The molecular formula is C21H30N2. The van der Waals surface area contributed by atoms with Crippen molar-refractivity contribution < 1.29 is 0 Å². The Morgan fingerprint density at radius 1 is 1.13 bits per heavy atom. The molecule has 1 heterocycles. The Kier molecular flexibility index (Phi) is 3.27. The minimum Gasteiger partial charge on any atom is -0.384 e. The molecule has 2 nitrogen and oxygen atoms in total. The summed E-state index contributed by atoms with van der Waals surface area (Å²) in [5, 5.41) is 7.59. The first-order chi connectivity index (χ1) is 11.2. The maximum Gasteiger partial charge on any atom is 0.0373 e. The number of fused-ring (bicyclic) bond motifs is 1. The Balaban J connectivity index is 1.27. The summed E-state index contributed by atoms with van der Waals surface area (Å²) >= 11 is 0. The lowest BCUT2D eigenvalue weighted by molar-refractivity contribution is -0.0242. The van der Waals surface area contributed by atoms with E-state index in [1.54, 1.807) is 0 Å². The molecule has 124 valence electrons. The van der Waals surface area contributed by atoms with Gasteiger partial charge in [0.25, 0.3) is 0 Å². The predicted octanol–water partition coefficient (Wildman–Crippen LogP) is 4.14. The van der Waals surface area contributed by atoms with Gasteiger partial charge in [0.2, 0.25) is 0 Å². The molecule has 4 aliphatic carbocycles. The molecule has 4 saturated carbocycles. The van der Waals surface area contributed by atoms with Crippen LogP contribution in [0.25, 0.3) is 0 Å². The fourth-order valence-corrected chi connectivity index (χ4v) is 6.70. The van der Waals surface area contributed by atoms with Crippen LogP contribution in [-0.4, -0.2) is 18.1 Å². The zero-order valence-corrected chi connectivity index (χ0v) is 14.4. The van der Waals surface area contributed by atoms with Crippen LogP contribution in [-0.2, 0) is 12.8 Å². The van der Waals surface area contributed by atoms with Crippen LogP contribution in [0.15, 0.2) is 18.2 Å². The molecule has 4 fully saturated rings. The van der Waals surface area contributed by atoms with E-state index in [1.807, 2.05) is 0 Å². The van der Waals surface area contributed by atoms with Crippen LogP contribution in [0.5, 0.6) is 0 Å². The van der Waals surface area contributed by atoms with Gasteiger partial charge in [-0.1, -0.05) is 12.1 Å². The van der Waals surface area contributed by atoms with Crippen LogP contribution in [0.3, 0.4) is 0 Å². The van der Waals surface area contributed by atoms with Gasteiger partial charge >= 0.3 is 0 Å². The summed E-state index contributed by atoms with van der Waals surface area (Å²) in [5.74, 6) is 3.10. The Hall–Kier alpha value is -1.02. The van der Waals surface area contributed by atoms with E-state index >= 15 is 0 Å². The minimum absolute atomic E-state index is 0.493. The van der Waals surface area contributed by atoms with Crippen molar-refractivity contribution in [2.24, 2.45) is 17.8 Å². The molecule has 0 spiro atoms. The van der Waals surface area contributed by atoms with Gasteiger partial charge in [0.15, 0.2) is 0 Å². The Morgan fingerprint density at radius 3 is 2.52 bits per heavy atom. The predicted molar refractivity (Wildman–Crippen MR) is 95.8 cm³/mol. The highest BCUT2D eigenvalue weighted by molar-refractivity contribution is 5.56. The summed E-state index contributed by atoms with van der Waals surface area (Å²) in [4.78, 5) is 0. The van der Waals surface area contributed by atoms with Crippen molar-refractivity contribution in [2.45, 2.75) is 69.9 Å². The third-order valence-corrected chi connectivity index (χ3v) is 7.01. The first kappa shape index (κ1) is 14.3. The van der Waals surface area contributed by atoms with E-state index in [4.69, 9.17) is 0 Å². The molecule has 1 unspecified atom stereocenters. The van der Waals surface area contributed by atoms with E-state index < -0.39 is 0 Å². The fourth-order valence-electron chi connectivity index (χ4n) is 6.70. The van der Waals surface area contributed by atoms with E-state index in [0.717, 1.165) is 24.3 Å². The maximum atomic E-state index is 4.13. The van der Waals surface area contributed by atoms with Crippen molar-refractivity contribution in [3.8, 4) is 0 Å². The topological polar surface area (TPSA) is 24.1 Å². The lowest BCUT2D eigenvalue weighted by Crippen LogP contribution is -2.60. The summed E-state index contributed by atoms with van der Waals surface area (Å²) in [6, 6.07) is 7.65. The number of rotatable bonds is 4. The summed E-state index contributed by atoms with van der Waals surface area (Å²) in [5.41, 5.74) is 4.88.